The fourth-order valence-electron chi connectivity index (χ4n) is 4.94. The maximum atomic E-state index is 12.8. The Morgan fingerprint density at radius 1 is 0.957 bits per heavy atom. The number of carbonyl (C=O) groups is 3. The number of nitrogens with zero attached hydrogens (tertiary/aromatic N) is 2. The number of rotatable bonds is 2. The number of fused-ring (bicyclic) bond motifs is 5. The maximum Gasteiger partial charge on any atom is 0.242 e. The van der Waals surface area contributed by atoms with Crippen LogP contribution in [0, 0.1) is 23.7 Å². The van der Waals surface area contributed by atoms with Crippen molar-refractivity contribution >= 4 is 49.6 Å². The van der Waals surface area contributed by atoms with Gasteiger partial charge in [-0.05, 0) is 37.5 Å². The van der Waals surface area contributed by atoms with E-state index in [0.717, 1.165) is 38.8 Å². The van der Waals surface area contributed by atoms with E-state index >= 15 is 0 Å². The van der Waals surface area contributed by atoms with E-state index in [1.165, 1.54) is 4.90 Å². The Morgan fingerprint density at radius 2 is 1.48 bits per heavy atom. The molecule has 0 unspecified atom stereocenters. The zero-order valence-electron chi connectivity index (χ0n) is 12.8. The third kappa shape index (κ3) is 2.33. The van der Waals surface area contributed by atoms with Crippen LogP contribution in [0.2, 0.25) is 0 Å². The molecular formula is C16H20Br2N2O3. The summed E-state index contributed by atoms with van der Waals surface area (Å²) in [7, 11) is 0. The van der Waals surface area contributed by atoms with E-state index in [-0.39, 0.29) is 57.6 Å². The first-order valence-electron chi connectivity index (χ1n) is 8.42. The first-order chi connectivity index (χ1) is 11.0. The summed E-state index contributed by atoms with van der Waals surface area (Å²) in [6, 6.07) is 0. The maximum absolute atomic E-state index is 12.8. The van der Waals surface area contributed by atoms with E-state index in [0.29, 0.717) is 0 Å². The van der Waals surface area contributed by atoms with Gasteiger partial charge in [0.25, 0.3) is 0 Å². The SMILES string of the molecule is O=C(CN1C(=O)[C@@H]2[C@H]3C[C@@H]([C@H](Br)[C@H]3Br)[C@H]2C1=O)N1CCCCC1. The molecule has 23 heavy (non-hydrogen) atoms. The third-order valence-electron chi connectivity index (χ3n) is 6.08. The number of amides is 3. The Morgan fingerprint density at radius 3 is 2.00 bits per heavy atom. The summed E-state index contributed by atoms with van der Waals surface area (Å²) in [6.45, 7) is 1.43. The molecule has 0 aromatic heterocycles. The van der Waals surface area contributed by atoms with E-state index in [4.69, 9.17) is 0 Å². The molecule has 126 valence electrons. The summed E-state index contributed by atoms with van der Waals surface area (Å²) in [5.74, 6) is -0.352. The molecule has 0 radical (unpaired) electrons. The number of carbonyl (C=O) groups excluding carboxylic acids is 3. The highest BCUT2D eigenvalue weighted by atomic mass is 79.9. The van der Waals surface area contributed by atoms with Crippen molar-refractivity contribution in [1.82, 2.24) is 9.80 Å². The van der Waals surface area contributed by atoms with Crippen LogP contribution in [0.3, 0.4) is 0 Å². The molecule has 2 heterocycles. The van der Waals surface area contributed by atoms with Crippen molar-refractivity contribution in [2.24, 2.45) is 23.7 Å². The highest BCUT2D eigenvalue weighted by Gasteiger charge is 2.66. The Bertz CT molecular complexity index is 532. The minimum atomic E-state index is -0.222. The molecule has 2 bridgehead atoms. The van der Waals surface area contributed by atoms with Crippen molar-refractivity contribution in [3.8, 4) is 0 Å². The van der Waals surface area contributed by atoms with Gasteiger partial charge in [0.05, 0.1) is 11.8 Å². The monoisotopic (exact) mass is 446 g/mol. The summed E-state index contributed by atoms with van der Waals surface area (Å²) in [6.07, 6.45) is 4.10. The van der Waals surface area contributed by atoms with E-state index in [9.17, 15) is 14.4 Å². The molecule has 3 amide bonds. The highest BCUT2D eigenvalue weighted by molar-refractivity contribution is 9.12. The molecule has 5 nitrogen and oxygen atoms in total. The Hall–Kier alpha value is -0.430. The minimum Gasteiger partial charge on any atom is -0.341 e. The van der Waals surface area contributed by atoms with Gasteiger partial charge in [0.1, 0.15) is 6.54 Å². The number of alkyl halides is 2. The van der Waals surface area contributed by atoms with Crippen LogP contribution in [0.15, 0.2) is 0 Å². The zero-order chi connectivity index (χ0) is 16.3. The summed E-state index contributed by atoms with van der Waals surface area (Å²) in [5.41, 5.74) is 0. The number of piperidine rings is 1. The predicted octanol–water partition coefficient (Wildman–Crippen LogP) is 1.78. The lowest BCUT2D eigenvalue weighted by Crippen LogP contribution is -2.45. The molecule has 4 fully saturated rings. The van der Waals surface area contributed by atoms with E-state index in [1.807, 2.05) is 0 Å². The van der Waals surface area contributed by atoms with Gasteiger partial charge in [0.15, 0.2) is 0 Å². The fourth-order valence-corrected chi connectivity index (χ4v) is 6.82. The van der Waals surface area contributed by atoms with Crippen LogP contribution in [-0.4, -0.2) is 56.8 Å². The van der Waals surface area contributed by atoms with Gasteiger partial charge in [-0.25, -0.2) is 0 Å². The van der Waals surface area contributed by atoms with Gasteiger partial charge in [-0.2, -0.15) is 0 Å². The van der Waals surface area contributed by atoms with Crippen LogP contribution >= 0.6 is 31.9 Å². The van der Waals surface area contributed by atoms with Crippen molar-refractivity contribution in [1.29, 1.82) is 0 Å². The predicted molar refractivity (Wildman–Crippen MR) is 91.2 cm³/mol. The number of hydrogen-bond acceptors (Lipinski definition) is 3. The highest BCUT2D eigenvalue weighted by Crippen LogP contribution is 2.60. The summed E-state index contributed by atoms with van der Waals surface area (Å²) in [5, 5.41) is 0. The van der Waals surface area contributed by atoms with Crippen LogP contribution in [0.5, 0.6) is 0 Å². The van der Waals surface area contributed by atoms with Gasteiger partial charge >= 0.3 is 0 Å². The van der Waals surface area contributed by atoms with Crippen LogP contribution in [0.4, 0.5) is 0 Å². The van der Waals surface area contributed by atoms with Crippen molar-refractivity contribution in [3.63, 3.8) is 0 Å². The normalized spacial score (nSPS) is 42.5. The second-order valence-electron chi connectivity index (χ2n) is 7.21. The van der Waals surface area contributed by atoms with Gasteiger partial charge in [-0.15, -0.1) is 0 Å². The second kappa shape index (κ2) is 5.83. The Labute approximate surface area is 152 Å². The molecule has 7 heteroatoms. The quantitative estimate of drug-likeness (QED) is 0.478. The van der Waals surface area contributed by atoms with Gasteiger partial charge in [-0.1, -0.05) is 31.9 Å². The van der Waals surface area contributed by atoms with Crippen LogP contribution in [0.25, 0.3) is 0 Å². The second-order valence-corrected chi connectivity index (χ2v) is 9.32. The van der Waals surface area contributed by atoms with Crippen molar-refractivity contribution < 1.29 is 14.4 Å². The van der Waals surface area contributed by atoms with E-state index in [1.54, 1.807) is 4.90 Å². The summed E-state index contributed by atoms with van der Waals surface area (Å²) in [4.78, 5) is 41.5. The minimum absolute atomic E-state index is 0.0655. The first-order valence-corrected chi connectivity index (χ1v) is 10.2. The largest absolute Gasteiger partial charge is 0.341 e. The lowest BCUT2D eigenvalue weighted by molar-refractivity contribution is -0.147. The smallest absolute Gasteiger partial charge is 0.242 e. The number of imide groups is 1. The molecule has 2 aliphatic carbocycles. The molecule has 0 aromatic carbocycles. The lowest BCUT2D eigenvalue weighted by atomic mass is 9.81. The average molecular weight is 448 g/mol. The molecule has 4 rings (SSSR count). The van der Waals surface area contributed by atoms with Crippen LogP contribution in [0.1, 0.15) is 25.7 Å². The molecule has 0 aromatic rings. The van der Waals surface area contributed by atoms with E-state index in [2.05, 4.69) is 31.9 Å². The molecule has 2 saturated carbocycles. The summed E-state index contributed by atoms with van der Waals surface area (Å²) >= 11 is 7.35. The van der Waals surface area contributed by atoms with Gasteiger partial charge in [0.2, 0.25) is 17.7 Å². The molecule has 2 saturated heterocycles. The van der Waals surface area contributed by atoms with Gasteiger partial charge in [-0.3, -0.25) is 19.3 Å². The molecule has 4 aliphatic rings. The van der Waals surface area contributed by atoms with Gasteiger partial charge < -0.3 is 4.90 Å². The van der Waals surface area contributed by atoms with Crippen molar-refractivity contribution in [2.75, 3.05) is 19.6 Å². The molecule has 0 spiro atoms. The van der Waals surface area contributed by atoms with E-state index < -0.39 is 0 Å². The Balaban J connectivity index is 1.50. The third-order valence-corrected chi connectivity index (χ3v) is 9.29. The number of hydrogen-bond donors (Lipinski definition) is 0. The Kier molecular flexibility index (Phi) is 4.07. The van der Waals surface area contributed by atoms with Crippen LogP contribution in [-0.2, 0) is 14.4 Å². The first kappa shape index (κ1) is 16.1. The fraction of sp³-hybridized carbons (Fsp3) is 0.812. The topological polar surface area (TPSA) is 57.7 Å². The lowest BCUT2D eigenvalue weighted by Gasteiger charge is -2.28. The average Bonchev–Trinajstić information content (AvgIpc) is 3.16. The molecule has 0 N–H and O–H groups in total. The zero-order valence-corrected chi connectivity index (χ0v) is 16.0. The van der Waals surface area contributed by atoms with Crippen molar-refractivity contribution in [3.05, 3.63) is 0 Å². The molecule has 2 aliphatic heterocycles. The number of halogens is 2. The van der Waals surface area contributed by atoms with Crippen molar-refractivity contribution in [2.45, 2.75) is 35.3 Å². The summed E-state index contributed by atoms with van der Waals surface area (Å²) < 4.78 is 0. The standard InChI is InChI=1S/C16H20Br2N2O3/c17-13-8-6-9(14(13)18)12-11(8)15(22)20(16(12)23)7-10(21)19-4-2-1-3-5-19/h8-9,11-14H,1-7H2/t8-,9-,11-,12-,13+,14+/m1/s1. The molecular weight excluding hydrogens is 428 g/mol. The number of likely N-dealkylation sites (tertiary alicyclic amines) is 2. The van der Waals surface area contributed by atoms with Crippen LogP contribution < -0.4 is 0 Å². The van der Waals surface area contributed by atoms with Gasteiger partial charge in [0, 0.05) is 22.7 Å². The molecule has 6 atom stereocenters.